The van der Waals surface area contributed by atoms with Crippen LogP contribution in [0, 0.1) is 0 Å². The summed E-state index contributed by atoms with van der Waals surface area (Å²) in [5.41, 5.74) is 1.12. The Morgan fingerprint density at radius 3 is 2.64 bits per heavy atom. The molecule has 1 saturated heterocycles. The number of hydrogen-bond acceptors (Lipinski definition) is 3. The molecule has 6 nitrogen and oxygen atoms in total. The summed E-state index contributed by atoms with van der Waals surface area (Å²) in [6.45, 7) is 8.13. The minimum atomic E-state index is 0.648. The summed E-state index contributed by atoms with van der Waals surface area (Å²) in [4.78, 5) is 7.19. The number of aryl methyl sites for hydroxylation is 1. The molecular weight excluding hydrogens is 276 g/mol. The van der Waals surface area contributed by atoms with E-state index in [1.54, 1.807) is 0 Å². The first-order valence-corrected chi connectivity index (χ1v) is 8.51. The summed E-state index contributed by atoms with van der Waals surface area (Å²) in [6, 6.07) is 2.00. The van der Waals surface area contributed by atoms with Gasteiger partial charge in [-0.15, -0.1) is 0 Å². The van der Waals surface area contributed by atoms with Gasteiger partial charge in [-0.25, -0.2) is 4.99 Å². The Morgan fingerprint density at radius 2 is 2.00 bits per heavy atom. The van der Waals surface area contributed by atoms with E-state index in [4.69, 9.17) is 0 Å². The van der Waals surface area contributed by atoms with Gasteiger partial charge in [-0.2, -0.15) is 5.10 Å². The fraction of sp³-hybridized carbons (Fsp3) is 0.750. The lowest BCUT2D eigenvalue weighted by molar-refractivity contribution is 0.289. The average molecular weight is 306 g/mol. The van der Waals surface area contributed by atoms with Gasteiger partial charge in [0.1, 0.15) is 0 Å². The van der Waals surface area contributed by atoms with Crippen LogP contribution in [-0.4, -0.2) is 53.4 Å². The fourth-order valence-electron chi connectivity index (χ4n) is 2.75. The lowest BCUT2D eigenvalue weighted by Crippen LogP contribution is -2.41. The Labute approximate surface area is 134 Å². The number of likely N-dealkylation sites (tertiary alicyclic amines) is 1. The first kappa shape index (κ1) is 16.8. The van der Waals surface area contributed by atoms with Gasteiger partial charge in [0.05, 0.1) is 12.2 Å². The normalized spacial score (nSPS) is 17.3. The molecule has 0 aromatic carbocycles. The van der Waals surface area contributed by atoms with E-state index in [0.717, 1.165) is 31.3 Å². The molecule has 1 aliphatic heterocycles. The first-order chi connectivity index (χ1) is 10.8. The number of rotatable bonds is 6. The van der Waals surface area contributed by atoms with E-state index in [1.165, 1.54) is 38.8 Å². The van der Waals surface area contributed by atoms with Crippen molar-refractivity contribution in [2.45, 2.75) is 39.2 Å². The molecule has 0 radical (unpaired) electrons. The third kappa shape index (κ3) is 5.67. The van der Waals surface area contributed by atoms with Crippen LogP contribution in [0.5, 0.6) is 0 Å². The van der Waals surface area contributed by atoms with Crippen LogP contribution in [0.15, 0.2) is 17.3 Å². The van der Waals surface area contributed by atoms with Crippen LogP contribution in [0.1, 0.15) is 38.3 Å². The Hall–Kier alpha value is -1.56. The molecule has 1 aliphatic rings. The third-order valence-corrected chi connectivity index (χ3v) is 4.09. The summed E-state index contributed by atoms with van der Waals surface area (Å²) >= 11 is 0. The number of aliphatic imine (C=N–C) groups is 1. The zero-order valence-electron chi connectivity index (χ0n) is 14.0. The molecule has 0 saturated carbocycles. The van der Waals surface area contributed by atoms with Crippen molar-refractivity contribution in [3.63, 3.8) is 0 Å². The van der Waals surface area contributed by atoms with Crippen LogP contribution in [0.3, 0.4) is 0 Å². The zero-order chi connectivity index (χ0) is 15.6. The quantitative estimate of drug-likeness (QED) is 0.615. The van der Waals surface area contributed by atoms with Gasteiger partial charge in [0.15, 0.2) is 5.96 Å². The summed E-state index contributed by atoms with van der Waals surface area (Å²) in [5, 5.41) is 10.9. The van der Waals surface area contributed by atoms with Crippen molar-refractivity contribution in [2.24, 2.45) is 12.0 Å². The first-order valence-electron chi connectivity index (χ1n) is 8.51. The van der Waals surface area contributed by atoms with Crippen LogP contribution < -0.4 is 10.6 Å². The molecule has 1 aromatic rings. The topological polar surface area (TPSA) is 57.5 Å². The highest BCUT2D eigenvalue weighted by atomic mass is 15.3. The molecule has 0 unspecified atom stereocenters. The molecule has 124 valence electrons. The van der Waals surface area contributed by atoms with E-state index in [0.29, 0.717) is 6.54 Å². The second-order valence-electron chi connectivity index (χ2n) is 5.82. The molecule has 22 heavy (non-hydrogen) atoms. The highest BCUT2D eigenvalue weighted by molar-refractivity contribution is 5.79. The van der Waals surface area contributed by atoms with Gasteiger partial charge < -0.3 is 15.5 Å². The molecular formula is C16H30N6. The van der Waals surface area contributed by atoms with E-state index in [-0.39, 0.29) is 0 Å². The molecule has 0 spiro atoms. The SMILES string of the molecule is CCNC(=NCc1ccnn1C)NCCN1CCCCCC1. The second kappa shape index (κ2) is 9.46. The standard InChI is InChI=1S/C16H30N6/c1-3-17-16(19-14-15-8-9-20-21(15)2)18-10-13-22-11-6-4-5-7-12-22/h8-9H,3-7,10-14H2,1-2H3,(H2,17,18,19). The maximum Gasteiger partial charge on any atom is 0.191 e. The molecule has 1 aromatic heterocycles. The minimum Gasteiger partial charge on any atom is -0.357 e. The molecule has 2 rings (SSSR count). The lowest BCUT2D eigenvalue weighted by atomic mass is 10.2. The monoisotopic (exact) mass is 306 g/mol. The number of hydrogen-bond donors (Lipinski definition) is 2. The van der Waals surface area contributed by atoms with E-state index in [1.807, 2.05) is 24.0 Å². The van der Waals surface area contributed by atoms with Gasteiger partial charge in [-0.1, -0.05) is 12.8 Å². The number of nitrogens with zero attached hydrogens (tertiary/aromatic N) is 4. The van der Waals surface area contributed by atoms with Crippen LogP contribution in [0.2, 0.25) is 0 Å². The van der Waals surface area contributed by atoms with Crippen LogP contribution in [-0.2, 0) is 13.6 Å². The second-order valence-corrected chi connectivity index (χ2v) is 5.82. The molecule has 2 N–H and O–H groups in total. The smallest absolute Gasteiger partial charge is 0.191 e. The van der Waals surface area contributed by atoms with Crippen molar-refractivity contribution in [3.8, 4) is 0 Å². The van der Waals surface area contributed by atoms with Crippen molar-refractivity contribution in [1.29, 1.82) is 0 Å². The summed E-state index contributed by atoms with van der Waals surface area (Å²) < 4.78 is 1.87. The van der Waals surface area contributed by atoms with E-state index >= 15 is 0 Å². The van der Waals surface area contributed by atoms with Crippen molar-refractivity contribution in [1.82, 2.24) is 25.3 Å². The number of guanidine groups is 1. The fourth-order valence-corrected chi connectivity index (χ4v) is 2.75. The maximum atomic E-state index is 4.63. The van der Waals surface area contributed by atoms with Crippen LogP contribution >= 0.6 is 0 Å². The maximum absolute atomic E-state index is 4.63. The van der Waals surface area contributed by atoms with Crippen LogP contribution in [0.4, 0.5) is 0 Å². The molecule has 1 fully saturated rings. The van der Waals surface area contributed by atoms with Gasteiger partial charge in [0.25, 0.3) is 0 Å². The van der Waals surface area contributed by atoms with Gasteiger partial charge in [-0.3, -0.25) is 4.68 Å². The minimum absolute atomic E-state index is 0.648. The summed E-state index contributed by atoms with van der Waals surface area (Å²) in [5.74, 6) is 0.888. The molecule has 0 aliphatic carbocycles. The van der Waals surface area contributed by atoms with Gasteiger partial charge >= 0.3 is 0 Å². The molecule has 0 bridgehead atoms. The Bertz CT molecular complexity index is 445. The largest absolute Gasteiger partial charge is 0.357 e. The van der Waals surface area contributed by atoms with Crippen molar-refractivity contribution in [3.05, 3.63) is 18.0 Å². The third-order valence-electron chi connectivity index (χ3n) is 4.09. The van der Waals surface area contributed by atoms with Gasteiger partial charge in [0.2, 0.25) is 0 Å². The highest BCUT2D eigenvalue weighted by Gasteiger charge is 2.08. The molecule has 6 heteroatoms. The lowest BCUT2D eigenvalue weighted by Gasteiger charge is -2.20. The Balaban J connectivity index is 1.76. The molecule has 2 heterocycles. The summed E-state index contributed by atoms with van der Waals surface area (Å²) in [7, 11) is 1.95. The van der Waals surface area contributed by atoms with Crippen LogP contribution in [0.25, 0.3) is 0 Å². The number of nitrogens with one attached hydrogen (secondary N) is 2. The highest BCUT2D eigenvalue weighted by Crippen LogP contribution is 2.08. The van der Waals surface area contributed by atoms with Crippen molar-refractivity contribution in [2.75, 3.05) is 32.7 Å². The number of aromatic nitrogens is 2. The predicted molar refractivity (Wildman–Crippen MR) is 90.9 cm³/mol. The Kier molecular flexibility index (Phi) is 7.22. The van der Waals surface area contributed by atoms with E-state index in [9.17, 15) is 0 Å². The van der Waals surface area contributed by atoms with Crippen molar-refractivity contribution < 1.29 is 0 Å². The summed E-state index contributed by atoms with van der Waals surface area (Å²) in [6.07, 6.45) is 7.27. The van der Waals surface area contributed by atoms with Gasteiger partial charge in [-0.05, 0) is 38.9 Å². The zero-order valence-corrected chi connectivity index (χ0v) is 14.0. The Morgan fingerprint density at radius 1 is 1.23 bits per heavy atom. The van der Waals surface area contributed by atoms with Crippen molar-refractivity contribution >= 4 is 5.96 Å². The molecule has 0 atom stereocenters. The predicted octanol–water partition coefficient (Wildman–Crippen LogP) is 1.35. The average Bonchev–Trinajstić information content (AvgIpc) is 2.76. The molecule has 0 amide bonds. The van der Waals surface area contributed by atoms with E-state index < -0.39 is 0 Å². The van der Waals surface area contributed by atoms with Gasteiger partial charge in [0, 0.05) is 32.9 Å². The van der Waals surface area contributed by atoms with E-state index in [2.05, 4.69) is 32.5 Å².